The van der Waals surface area contributed by atoms with Gasteiger partial charge < -0.3 is 24.1 Å². The summed E-state index contributed by atoms with van der Waals surface area (Å²) in [6, 6.07) is 25.4. The van der Waals surface area contributed by atoms with E-state index < -0.39 is 35.2 Å². The SMILES string of the molecule is COc1ccc(C(O[C@H]2C[C@H](Cn3cc(C)c(=O)[nH]c3=O)O[C@@H]2CO)(c2ccccc2)c2ccc(OC)cc2)cc1. The third-order valence-corrected chi connectivity index (χ3v) is 7.55. The molecule has 3 atom stereocenters. The predicted octanol–water partition coefficient (Wildman–Crippen LogP) is 3.39. The Hall–Kier alpha value is -4.18. The number of H-pyrrole nitrogens is 1. The Morgan fingerprint density at radius 2 is 1.46 bits per heavy atom. The summed E-state index contributed by atoms with van der Waals surface area (Å²) >= 11 is 0. The van der Waals surface area contributed by atoms with Gasteiger partial charge >= 0.3 is 5.69 Å². The topological polar surface area (TPSA) is 112 Å². The van der Waals surface area contributed by atoms with Crippen LogP contribution < -0.4 is 20.7 Å². The van der Waals surface area contributed by atoms with Crippen molar-refractivity contribution >= 4 is 0 Å². The van der Waals surface area contributed by atoms with Gasteiger partial charge in [-0.2, -0.15) is 0 Å². The molecule has 4 aromatic rings. The monoisotopic (exact) mass is 558 g/mol. The Morgan fingerprint density at radius 3 is 2.00 bits per heavy atom. The highest BCUT2D eigenvalue weighted by Gasteiger charge is 2.45. The van der Waals surface area contributed by atoms with E-state index in [2.05, 4.69) is 4.98 Å². The van der Waals surface area contributed by atoms with Crippen LogP contribution in [0.2, 0.25) is 0 Å². The summed E-state index contributed by atoms with van der Waals surface area (Å²) in [5.74, 6) is 1.43. The molecule has 1 aliphatic heterocycles. The standard InChI is InChI=1S/C32H34N2O7/c1-21-18-34(31(37)33-30(21)36)19-27-17-28(29(20-35)40-27)41-32(22-7-5-4-6-8-22,23-9-13-25(38-2)14-10-23)24-11-15-26(39-3)16-12-24/h4-16,18,27-29,35H,17,19-20H2,1-3H3,(H,33,36,37)/t27-,28+,29-/m1/s1. The van der Waals surface area contributed by atoms with Gasteiger partial charge in [0, 0.05) is 18.2 Å². The van der Waals surface area contributed by atoms with Crippen LogP contribution in [0.3, 0.4) is 0 Å². The summed E-state index contributed by atoms with van der Waals surface area (Å²) < 4.78 is 25.6. The summed E-state index contributed by atoms with van der Waals surface area (Å²) in [6.07, 6.45) is 0.334. The first-order valence-electron chi connectivity index (χ1n) is 13.5. The number of ether oxygens (including phenoxy) is 4. The number of aliphatic hydroxyl groups is 1. The number of aromatic nitrogens is 2. The first-order valence-corrected chi connectivity index (χ1v) is 13.5. The number of aryl methyl sites for hydroxylation is 1. The fraction of sp³-hybridized carbons (Fsp3) is 0.312. The third kappa shape index (κ3) is 5.69. The Labute approximate surface area is 237 Å². The van der Waals surface area contributed by atoms with Gasteiger partial charge in [-0.15, -0.1) is 0 Å². The summed E-state index contributed by atoms with van der Waals surface area (Å²) in [7, 11) is 3.24. The smallest absolute Gasteiger partial charge is 0.328 e. The lowest BCUT2D eigenvalue weighted by molar-refractivity contribution is -0.0949. The number of hydrogen-bond acceptors (Lipinski definition) is 7. The molecule has 2 N–H and O–H groups in total. The van der Waals surface area contributed by atoms with Crippen LogP contribution in [0.5, 0.6) is 11.5 Å². The van der Waals surface area contributed by atoms with Crippen molar-refractivity contribution in [2.75, 3.05) is 20.8 Å². The molecule has 0 spiro atoms. The molecule has 5 rings (SSSR count). The zero-order valence-corrected chi connectivity index (χ0v) is 23.3. The number of hydrogen-bond donors (Lipinski definition) is 2. The molecule has 2 heterocycles. The number of nitrogens with zero attached hydrogens (tertiary/aromatic N) is 1. The minimum Gasteiger partial charge on any atom is -0.497 e. The molecule has 0 radical (unpaired) electrons. The fourth-order valence-electron chi connectivity index (χ4n) is 5.43. The molecule has 1 saturated heterocycles. The van der Waals surface area contributed by atoms with Crippen LogP contribution in [-0.2, 0) is 21.6 Å². The van der Waals surface area contributed by atoms with Crippen LogP contribution in [0.25, 0.3) is 0 Å². The number of methoxy groups -OCH3 is 2. The minimum atomic E-state index is -1.08. The lowest BCUT2D eigenvalue weighted by atomic mass is 9.79. The lowest BCUT2D eigenvalue weighted by Gasteiger charge is -2.39. The quantitative estimate of drug-likeness (QED) is 0.287. The third-order valence-electron chi connectivity index (χ3n) is 7.55. The number of rotatable bonds is 10. The van der Waals surface area contributed by atoms with E-state index in [0.717, 1.165) is 16.7 Å². The van der Waals surface area contributed by atoms with Crippen LogP contribution in [-0.4, -0.2) is 53.8 Å². The average molecular weight is 559 g/mol. The molecule has 0 saturated carbocycles. The molecule has 1 aromatic heterocycles. The second-order valence-electron chi connectivity index (χ2n) is 10.1. The number of nitrogens with one attached hydrogen (secondary N) is 1. The highest BCUT2D eigenvalue weighted by atomic mass is 16.6. The van der Waals surface area contributed by atoms with E-state index in [-0.39, 0.29) is 13.2 Å². The Balaban J connectivity index is 1.58. The molecule has 1 fully saturated rings. The maximum Gasteiger partial charge on any atom is 0.328 e. The van der Waals surface area contributed by atoms with E-state index in [4.69, 9.17) is 18.9 Å². The van der Waals surface area contributed by atoms with E-state index in [9.17, 15) is 14.7 Å². The number of aliphatic hydroxyl groups excluding tert-OH is 1. The minimum absolute atomic E-state index is 0.205. The Kier molecular flexibility index (Phi) is 8.39. The van der Waals surface area contributed by atoms with Crippen LogP contribution in [0.15, 0.2) is 94.6 Å². The summed E-state index contributed by atoms with van der Waals surface area (Å²) in [5, 5.41) is 10.3. The molecule has 0 amide bonds. The van der Waals surface area contributed by atoms with E-state index in [1.54, 1.807) is 21.1 Å². The summed E-state index contributed by atoms with van der Waals surface area (Å²) in [6.45, 7) is 1.58. The van der Waals surface area contributed by atoms with Crippen molar-refractivity contribution in [3.05, 3.63) is 128 Å². The molecule has 0 aliphatic carbocycles. The molecule has 1 aliphatic rings. The van der Waals surface area contributed by atoms with Crippen molar-refractivity contribution in [1.29, 1.82) is 0 Å². The number of benzene rings is 3. The first-order chi connectivity index (χ1) is 19.9. The first kappa shape index (κ1) is 28.4. The second kappa shape index (κ2) is 12.1. The van der Waals surface area contributed by atoms with Gasteiger partial charge in [0.05, 0.1) is 39.6 Å². The van der Waals surface area contributed by atoms with Crippen molar-refractivity contribution < 1.29 is 24.1 Å². The number of aromatic amines is 1. The molecule has 0 unspecified atom stereocenters. The highest BCUT2D eigenvalue weighted by Crippen LogP contribution is 2.44. The molecule has 0 bridgehead atoms. The maximum absolute atomic E-state index is 12.5. The van der Waals surface area contributed by atoms with Crippen molar-refractivity contribution in [1.82, 2.24) is 9.55 Å². The van der Waals surface area contributed by atoms with Crippen LogP contribution in [0.1, 0.15) is 28.7 Å². The zero-order chi connectivity index (χ0) is 29.0. The van der Waals surface area contributed by atoms with Crippen molar-refractivity contribution in [3.63, 3.8) is 0 Å². The van der Waals surface area contributed by atoms with Crippen molar-refractivity contribution in [2.45, 2.75) is 43.8 Å². The van der Waals surface area contributed by atoms with E-state index >= 15 is 0 Å². The lowest BCUT2D eigenvalue weighted by Crippen LogP contribution is -2.40. The van der Waals surface area contributed by atoms with Crippen LogP contribution in [0.4, 0.5) is 0 Å². The van der Waals surface area contributed by atoms with Gasteiger partial charge in [-0.25, -0.2) is 4.79 Å². The van der Waals surface area contributed by atoms with Crippen LogP contribution >= 0.6 is 0 Å². The van der Waals surface area contributed by atoms with E-state index in [0.29, 0.717) is 23.5 Å². The molecular formula is C32H34N2O7. The average Bonchev–Trinajstić information content (AvgIpc) is 3.40. The van der Waals surface area contributed by atoms with Gasteiger partial charge in [-0.3, -0.25) is 14.3 Å². The van der Waals surface area contributed by atoms with Crippen molar-refractivity contribution in [3.8, 4) is 11.5 Å². The predicted molar refractivity (Wildman–Crippen MR) is 154 cm³/mol. The second-order valence-corrected chi connectivity index (χ2v) is 10.1. The van der Waals surface area contributed by atoms with Gasteiger partial charge in [0.15, 0.2) is 0 Å². The molecule has 9 nitrogen and oxygen atoms in total. The van der Waals surface area contributed by atoms with Gasteiger partial charge in [0.25, 0.3) is 5.56 Å². The Morgan fingerprint density at radius 1 is 0.902 bits per heavy atom. The summed E-state index contributed by atoms with van der Waals surface area (Å²) in [5.41, 5.74) is 1.04. The van der Waals surface area contributed by atoms with Gasteiger partial charge in [0.2, 0.25) is 0 Å². The largest absolute Gasteiger partial charge is 0.497 e. The normalized spacial score (nSPS) is 18.8. The maximum atomic E-state index is 12.5. The van der Waals surface area contributed by atoms with Gasteiger partial charge in [0.1, 0.15) is 23.2 Å². The van der Waals surface area contributed by atoms with Crippen molar-refractivity contribution in [2.24, 2.45) is 0 Å². The van der Waals surface area contributed by atoms with E-state index in [1.807, 2.05) is 78.9 Å². The van der Waals surface area contributed by atoms with Crippen LogP contribution in [0, 0.1) is 6.92 Å². The van der Waals surface area contributed by atoms with E-state index in [1.165, 1.54) is 10.8 Å². The van der Waals surface area contributed by atoms with Gasteiger partial charge in [-0.05, 0) is 47.9 Å². The summed E-state index contributed by atoms with van der Waals surface area (Å²) in [4.78, 5) is 26.6. The molecule has 214 valence electrons. The molecule has 9 heteroatoms. The molecule has 41 heavy (non-hydrogen) atoms. The fourth-order valence-corrected chi connectivity index (χ4v) is 5.43. The van der Waals surface area contributed by atoms with Gasteiger partial charge in [-0.1, -0.05) is 54.6 Å². The Bertz CT molecular complexity index is 1520. The molecule has 3 aromatic carbocycles. The molecular weight excluding hydrogens is 524 g/mol. The zero-order valence-electron chi connectivity index (χ0n) is 23.3. The highest BCUT2D eigenvalue weighted by molar-refractivity contribution is 5.50.